The van der Waals surface area contributed by atoms with Gasteiger partial charge in [0.25, 0.3) is 0 Å². The lowest BCUT2D eigenvalue weighted by atomic mass is 9.93. The van der Waals surface area contributed by atoms with Gasteiger partial charge in [0, 0.05) is 6.42 Å². The Morgan fingerprint density at radius 3 is 1.64 bits per heavy atom. The van der Waals surface area contributed by atoms with Gasteiger partial charge in [0.2, 0.25) is 0 Å². The van der Waals surface area contributed by atoms with Gasteiger partial charge in [0.15, 0.2) is 0 Å². The SMILES string of the molecule is O=CCC1CCCCCCCCCC1. The Hall–Kier alpha value is -0.330. The quantitative estimate of drug-likeness (QED) is 0.607. The summed E-state index contributed by atoms with van der Waals surface area (Å²) in [6.07, 6.45) is 15.6. The predicted molar refractivity (Wildman–Crippen MR) is 60.3 cm³/mol. The molecule has 0 bridgehead atoms. The third-order valence-electron chi connectivity index (χ3n) is 3.40. The molecule has 1 aliphatic rings. The van der Waals surface area contributed by atoms with Gasteiger partial charge >= 0.3 is 0 Å². The molecule has 0 aromatic carbocycles. The van der Waals surface area contributed by atoms with Crippen LogP contribution in [0.1, 0.15) is 70.6 Å². The van der Waals surface area contributed by atoms with Gasteiger partial charge in [0.05, 0.1) is 0 Å². The molecular formula is C13H24O. The van der Waals surface area contributed by atoms with Crippen molar-refractivity contribution in [3.63, 3.8) is 0 Å². The second-order valence-corrected chi connectivity index (χ2v) is 4.67. The maximum atomic E-state index is 10.5. The Bertz CT molecular complexity index is 130. The Morgan fingerprint density at radius 1 is 0.786 bits per heavy atom. The number of hydrogen-bond donors (Lipinski definition) is 0. The van der Waals surface area contributed by atoms with E-state index in [9.17, 15) is 4.79 Å². The molecule has 0 aromatic rings. The van der Waals surface area contributed by atoms with Gasteiger partial charge in [-0.1, -0.05) is 64.2 Å². The molecule has 1 nitrogen and oxygen atoms in total. The van der Waals surface area contributed by atoms with E-state index in [0.29, 0.717) is 5.92 Å². The number of carbonyl (C=O) groups is 1. The summed E-state index contributed by atoms with van der Waals surface area (Å²) in [5.74, 6) is 0.700. The first kappa shape index (κ1) is 11.7. The van der Waals surface area contributed by atoms with E-state index in [1.165, 1.54) is 64.2 Å². The monoisotopic (exact) mass is 196 g/mol. The molecule has 0 unspecified atom stereocenters. The van der Waals surface area contributed by atoms with Crippen molar-refractivity contribution in [2.24, 2.45) is 5.92 Å². The van der Waals surface area contributed by atoms with Crippen molar-refractivity contribution < 1.29 is 4.79 Å². The minimum Gasteiger partial charge on any atom is -0.303 e. The topological polar surface area (TPSA) is 17.1 Å². The molecule has 0 amide bonds. The lowest BCUT2D eigenvalue weighted by molar-refractivity contribution is -0.108. The van der Waals surface area contributed by atoms with E-state index < -0.39 is 0 Å². The average molecular weight is 196 g/mol. The van der Waals surface area contributed by atoms with Crippen LogP contribution < -0.4 is 0 Å². The van der Waals surface area contributed by atoms with E-state index in [0.717, 1.165) is 12.7 Å². The fourth-order valence-electron chi connectivity index (χ4n) is 2.44. The number of carbonyl (C=O) groups excluding carboxylic acids is 1. The summed E-state index contributed by atoms with van der Waals surface area (Å²) in [4.78, 5) is 10.5. The normalized spacial score (nSPS) is 22.6. The molecule has 0 heterocycles. The molecule has 82 valence electrons. The van der Waals surface area contributed by atoms with Crippen LogP contribution in [0.2, 0.25) is 0 Å². The molecule has 1 saturated carbocycles. The average Bonchev–Trinajstić information content (AvgIpc) is 2.24. The van der Waals surface area contributed by atoms with Gasteiger partial charge in [-0.05, 0) is 5.92 Å². The summed E-state index contributed by atoms with van der Waals surface area (Å²) in [7, 11) is 0. The Kier molecular flexibility index (Phi) is 6.73. The minimum absolute atomic E-state index is 0.700. The van der Waals surface area contributed by atoms with E-state index >= 15 is 0 Å². The largest absolute Gasteiger partial charge is 0.303 e. The van der Waals surface area contributed by atoms with Gasteiger partial charge in [-0.3, -0.25) is 0 Å². The summed E-state index contributed by atoms with van der Waals surface area (Å²) in [6, 6.07) is 0. The van der Waals surface area contributed by atoms with Crippen molar-refractivity contribution in [1.29, 1.82) is 0 Å². The molecular weight excluding hydrogens is 172 g/mol. The molecule has 0 saturated heterocycles. The van der Waals surface area contributed by atoms with E-state index in [4.69, 9.17) is 0 Å². The minimum atomic E-state index is 0.700. The van der Waals surface area contributed by atoms with Crippen LogP contribution in [-0.2, 0) is 4.79 Å². The highest BCUT2D eigenvalue weighted by molar-refractivity contribution is 5.49. The summed E-state index contributed by atoms with van der Waals surface area (Å²) in [5, 5.41) is 0. The van der Waals surface area contributed by atoms with Crippen LogP contribution in [0.25, 0.3) is 0 Å². The maximum Gasteiger partial charge on any atom is 0.120 e. The molecule has 1 fully saturated rings. The zero-order valence-corrected chi connectivity index (χ0v) is 9.34. The third kappa shape index (κ3) is 5.41. The second kappa shape index (κ2) is 8.02. The van der Waals surface area contributed by atoms with E-state index in [2.05, 4.69) is 0 Å². The molecule has 0 atom stereocenters. The van der Waals surface area contributed by atoms with Gasteiger partial charge in [-0.25, -0.2) is 0 Å². The summed E-state index contributed by atoms with van der Waals surface area (Å²) >= 11 is 0. The Labute approximate surface area is 88.3 Å². The molecule has 0 radical (unpaired) electrons. The highest BCUT2D eigenvalue weighted by atomic mass is 16.1. The first-order valence-corrected chi connectivity index (χ1v) is 6.37. The molecule has 1 rings (SSSR count). The number of aldehydes is 1. The molecule has 0 aromatic heterocycles. The first-order valence-electron chi connectivity index (χ1n) is 6.37. The Morgan fingerprint density at radius 2 is 1.21 bits per heavy atom. The van der Waals surface area contributed by atoms with Crippen LogP contribution in [-0.4, -0.2) is 6.29 Å². The molecule has 1 heteroatoms. The molecule has 0 aliphatic heterocycles. The fraction of sp³-hybridized carbons (Fsp3) is 0.923. The van der Waals surface area contributed by atoms with Gasteiger partial charge < -0.3 is 4.79 Å². The zero-order valence-electron chi connectivity index (χ0n) is 9.34. The lowest BCUT2D eigenvalue weighted by Gasteiger charge is -2.12. The number of hydrogen-bond acceptors (Lipinski definition) is 1. The predicted octanol–water partition coefficient (Wildman–Crippen LogP) is 4.11. The van der Waals surface area contributed by atoms with E-state index in [1.807, 2.05) is 0 Å². The van der Waals surface area contributed by atoms with E-state index in [-0.39, 0.29) is 0 Å². The van der Waals surface area contributed by atoms with Crippen molar-refractivity contribution >= 4 is 6.29 Å². The molecule has 1 aliphatic carbocycles. The van der Waals surface area contributed by atoms with Gasteiger partial charge in [-0.2, -0.15) is 0 Å². The van der Waals surface area contributed by atoms with Crippen LogP contribution in [0.4, 0.5) is 0 Å². The van der Waals surface area contributed by atoms with Gasteiger partial charge in [0.1, 0.15) is 6.29 Å². The van der Waals surface area contributed by atoms with Crippen molar-refractivity contribution in [2.75, 3.05) is 0 Å². The van der Waals surface area contributed by atoms with Crippen molar-refractivity contribution in [3.8, 4) is 0 Å². The standard InChI is InChI=1S/C13H24O/c14-12-11-13-9-7-5-3-1-2-4-6-8-10-13/h12-13H,1-11H2. The van der Waals surface area contributed by atoms with E-state index in [1.54, 1.807) is 0 Å². The highest BCUT2D eigenvalue weighted by Crippen LogP contribution is 2.22. The maximum absolute atomic E-state index is 10.5. The summed E-state index contributed by atoms with van der Waals surface area (Å²) < 4.78 is 0. The van der Waals surface area contributed by atoms with Crippen molar-refractivity contribution in [1.82, 2.24) is 0 Å². The van der Waals surface area contributed by atoms with Crippen LogP contribution in [0.3, 0.4) is 0 Å². The Balaban J connectivity index is 2.23. The van der Waals surface area contributed by atoms with Crippen LogP contribution in [0.15, 0.2) is 0 Å². The summed E-state index contributed by atoms with van der Waals surface area (Å²) in [5.41, 5.74) is 0. The van der Waals surface area contributed by atoms with Crippen LogP contribution in [0, 0.1) is 5.92 Å². The first-order chi connectivity index (χ1) is 6.93. The smallest absolute Gasteiger partial charge is 0.120 e. The zero-order chi connectivity index (χ0) is 10.1. The van der Waals surface area contributed by atoms with Gasteiger partial charge in [-0.15, -0.1) is 0 Å². The molecule has 14 heavy (non-hydrogen) atoms. The molecule has 0 spiro atoms. The fourth-order valence-corrected chi connectivity index (χ4v) is 2.44. The van der Waals surface area contributed by atoms with Crippen molar-refractivity contribution in [2.45, 2.75) is 70.6 Å². The number of rotatable bonds is 2. The molecule has 0 N–H and O–H groups in total. The second-order valence-electron chi connectivity index (χ2n) is 4.67. The summed E-state index contributed by atoms with van der Waals surface area (Å²) in [6.45, 7) is 0. The van der Waals surface area contributed by atoms with Crippen LogP contribution >= 0.6 is 0 Å². The van der Waals surface area contributed by atoms with Crippen molar-refractivity contribution in [3.05, 3.63) is 0 Å². The lowest BCUT2D eigenvalue weighted by Crippen LogP contribution is -2.01. The van der Waals surface area contributed by atoms with Crippen LogP contribution in [0.5, 0.6) is 0 Å². The third-order valence-corrected chi connectivity index (χ3v) is 3.40. The highest BCUT2D eigenvalue weighted by Gasteiger charge is 2.08.